The highest BCUT2D eigenvalue weighted by Gasteiger charge is 2.09. The van der Waals surface area contributed by atoms with Crippen molar-refractivity contribution in [2.75, 3.05) is 5.73 Å². The van der Waals surface area contributed by atoms with Crippen LogP contribution in [0.2, 0.25) is 0 Å². The summed E-state index contributed by atoms with van der Waals surface area (Å²) in [5.74, 6) is -0.233. The predicted octanol–water partition coefficient (Wildman–Crippen LogP) is 4.12. The maximum absolute atomic E-state index is 13.4. The van der Waals surface area contributed by atoms with Crippen LogP contribution < -0.4 is 10.5 Å². The maximum atomic E-state index is 13.4. The van der Waals surface area contributed by atoms with Crippen LogP contribution in [-0.2, 0) is 0 Å². The second-order valence-corrected chi connectivity index (χ2v) is 5.06. The van der Waals surface area contributed by atoms with Crippen LogP contribution in [0.5, 0.6) is 11.6 Å². The number of anilines is 1. The number of nitrogens with zero attached hydrogens (tertiary/aromatic N) is 1. The van der Waals surface area contributed by atoms with Crippen LogP contribution >= 0.6 is 31.9 Å². The molecule has 0 amide bonds. The van der Waals surface area contributed by atoms with Crippen molar-refractivity contribution in [2.24, 2.45) is 0 Å². The summed E-state index contributed by atoms with van der Waals surface area (Å²) in [6.07, 6.45) is 1.53. The van der Waals surface area contributed by atoms with E-state index in [4.69, 9.17) is 10.5 Å². The van der Waals surface area contributed by atoms with E-state index in [1.54, 1.807) is 12.1 Å². The number of rotatable bonds is 2. The zero-order valence-electron chi connectivity index (χ0n) is 8.45. The van der Waals surface area contributed by atoms with Gasteiger partial charge in [0.05, 0.1) is 5.69 Å². The lowest BCUT2D eigenvalue weighted by Crippen LogP contribution is -1.96. The average molecular weight is 362 g/mol. The van der Waals surface area contributed by atoms with Crippen LogP contribution in [0.25, 0.3) is 0 Å². The molecule has 0 saturated carbocycles. The Bertz CT molecular complexity index is 563. The molecule has 2 rings (SSSR count). The summed E-state index contributed by atoms with van der Waals surface area (Å²) in [5, 5.41) is 0. The van der Waals surface area contributed by atoms with Gasteiger partial charge < -0.3 is 10.5 Å². The van der Waals surface area contributed by atoms with Gasteiger partial charge in [0, 0.05) is 15.1 Å². The van der Waals surface area contributed by atoms with E-state index in [0.717, 1.165) is 4.47 Å². The molecule has 2 aromatic rings. The summed E-state index contributed by atoms with van der Waals surface area (Å²) < 4.78 is 20.2. The molecule has 2 N–H and O–H groups in total. The molecular formula is C11H7Br2FN2O. The Morgan fingerprint density at radius 3 is 2.65 bits per heavy atom. The van der Waals surface area contributed by atoms with Gasteiger partial charge in [-0.3, -0.25) is 0 Å². The molecule has 0 unspecified atom stereocenters. The Hall–Kier alpha value is -1.14. The number of pyridine rings is 1. The molecule has 0 fully saturated rings. The Kier molecular flexibility index (Phi) is 3.63. The summed E-state index contributed by atoms with van der Waals surface area (Å²) in [7, 11) is 0. The van der Waals surface area contributed by atoms with Crippen LogP contribution in [-0.4, -0.2) is 4.98 Å². The standard InChI is InChI=1S/C11H7Br2FN2O/c12-6-1-2-8(14)10(4-6)17-11-9(15)3-7(13)5-16-11/h1-5H,15H2. The van der Waals surface area contributed by atoms with Crippen LogP contribution in [0.1, 0.15) is 0 Å². The van der Waals surface area contributed by atoms with Crippen LogP contribution in [0, 0.1) is 5.82 Å². The monoisotopic (exact) mass is 360 g/mol. The first kappa shape index (κ1) is 12.3. The molecule has 1 heterocycles. The first-order valence-corrected chi connectivity index (χ1v) is 6.19. The summed E-state index contributed by atoms with van der Waals surface area (Å²) in [5.41, 5.74) is 6.04. The van der Waals surface area contributed by atoms with Crippen molar-refractivity contribution < 1.29 is 9.13 Å². The van der Waals surface area contributed by atoms with Crippen molar-refractivity contribution in [1.29, 1.82) is 0 Å². The molecule has 88 valence electrons. The molecule has 0 aliphatic heterocycles. The van der Waals surface area contributed by atoms with Crippen molar-refractivity contribution >= 4 is 37.5 Å². The van der Waals surface area contributed by atoms with Gasteiger partial charge in [-0.2, -0.15) is 0 Å². The van der Waals surface area contributed by atoms with Gasteiger partial charge >= 0.3 is 0 Å². The van der Waals surface area contributed by atoms with Gasteiger partial charge in [0.25, 0.3) is 0 Å². The maximum Gasteiger partial charge on any atom is 0.242 e. The molecule has 1 aromatic heterocycles. The Morgan fingerprint density at radius 2 is 1.94 bits per heavy atom. The second kappa shape index (κ2) is 5.01. The molecular weight excluding hydrogens is 355 g/mol. The van der Waals surface area contributed by atoms with E-state index < -0.39 is 5.82 Å². The van der Waals surface area contributed by atoms with Gasteiger partial charge in [-0.1, -0.05) is 15.9 Å². The minimum atomic E-state index is -0.475. The van der Waals surface area contributed by atoms with Crippen molar-refractivity contribution in [3.8, 4) is 11.6 Å². The van der Waals surface area contributed by atoms with E-state index in [1.165, 1.54) is 18.3 Å². The minimum Gasteiger partial charge on any atom is -0.434 e. The molecule has 6 heteroatoms. The average Bonchev–Trinajstić information content (AvgIpc) is 2.27. The highest BCUT2D eigenvalue weighted by atomic mass is 79.9. The molecule has 17 heavy (non-hydrogen) atoms. The second-order valence-electron chi connectivity index (χ2n) is 3.22. The normalized spacial score (nSPS) is 10.3. The fourth-order valence-electron chi connectivity index (χ4n) is 1.19. The number of nitrogen functional groups attached to an aromatic ring is 1. The van der Waals surface area contributed by atoms with E-state index in [9.17, 15) is 4.39 Å². The van der Waals surface area contributed by atoms with Crippen LogP contribution in [0.3, 0.4) is 0 Å². The van der Waals surface area contributed by atoms with Gasteiger partial charge in [0.15, 0.2) is 11.6 Å². The van der Waals surface area contributed by atoms with Gasteiger partial charge in [-0.25, -0.2) is 9.37 Å². The lowest BCUT2D eigenvalue weighted by molar-refractivity contribution is 0.429. The smallest absolute Gasteiger partial charge is 0.242 e. The molecule has 0 saturated heterocycles. The molecule has 0 bridgehead atoms. The third-order valence-corrected chi connectivity index (χ3v) is 2.87. The molecule has 0 atom stereocenters. The summed E-state index contributed by atoms with van der Waals surface area (Å²) in [6, 6.07) is 6.03. The summed E-state index contributed by atoms with van der Waals surface area (Å²) >= 11 is 6.46. The summed E-state index contributed by atoms with van der Waals surface area (Å²) in [4.78, 5) is 3.97. The van der Waals surface area contributed by atoms with Gasteiger partial charge in [0.2, 0.25) is 5.88 Å². The highest BCUT2D eigenvalue weighted by molar-refractivity contribution is 9.10. The fourth-order valence-corrected chi connectivity index (χ4v) is 1.88. The number of ether oxygens (including phenoxy) is 1. The van der Waals surface area contributed by atoms with Crippen molar-refractivity contribution in [3.05, 3.63) is 45.2 Å². The van der Waals surface area contributed by atoms with Gasteiger partial charge in [-0.15, -0.1) is 0 Å². The number of benzene rings is 1. The Balaban J connectivity index is 2.34. The molecule has 3 nitrogen and oxygen atoms in total. The zero-order chi connectivity index (χ0) is 12.4. The largest absolute Gasteiger partial charge is 0.434 e. The molecule has 1 aromatic carbocycles. The first-order valence-electron chi connectivity index (χ1n) is 4.60. The minimum absolute atomic E-state index is 0.0703. The summed E-state index contributed by atoms with van der Waals surface area (Å²) in [6.45, 7) is 0. The van der Waals surface area contributed by atoms with E-state index in [1.807, 2.05) is 0 Å². The number of hydrogen-bond acceptors (Lipinski definition) is 3. The van der Waals surface area contributed by atoms with E-state index in [0.29, 0.717) is 10.2 Å². The topological polar surface area (TPSA) is 48.1 Å². The van der Waals surface area contributed by atoms with E-state index >= 15 is 0 Å². The Labute approximate surface area is 114 Å². The molecule has 0 radical (unpaired) electrons. The van der Waals surface area contributed by atoms with Crippen molar-refractivity contribution in [2.45, 2.75) is 0 Å². The third kappa shape index (κ3) is 2.95. The van der Waals surface area contributed by atoms with E-state index in [2.05, 4.69) is 36.8 Å². The van der Waals surface area contributed by atoms with Gasteiger partial charge in [-0.05, 0) is 40.2 Å². The lowest BCUT2D eigenvalue weighted by Gasteiger charge is -2.08. The van der Waals surface area contributed by atoms with Crippen LogP contribution in [0.4, 0.5) is 10.1 Å². The SMILES string of the molecule is Nc1cc(Br)cnc1Oc1cc(Br)ccc1F. The molecule has 0 aliphatic rings. The van der Waals surface area contributed by atoms with Crippen molar-refractivity contribution in [3.63, 3.8) is 0 Å². The molecule has 0 spiro atoms. The highest BCUT2D eigenvalue weighted by Crippen LogP contribution is 2.30. The quantitative estimate of drug-likeness (QED) is 0.875. The van der Waals surface area contributed by atoms with Gasteiger partial charge in [0.1, 0.15) is 0 Å². The number of halogens is 3. The fraction of sp³-hybridized carbons (Fsp3) is 0. The first-order chi connectivity index (χ1) is 8.06. The van der Waals surface area contributed by atoms with E-state index in [-0.39, 0.29) is 11.6 Å². The third-order valence-electron chi connectivity index (χ3n) is 1.95. The lowest BCUT2D eigenvalue weighted by atomic mass is 10.3. The Morgan fingerprint density at radius 1 is 1.18 bits per heavy atom. The number of nitrogens with two attached hydrogens (primary N) is 1. The number of aromatic nitrogens is 1. The van der Waals surface area contributed by atoms with Crippen molar-refractivity contribution in [1.82, 2.24) is 4.98 Å². The zero-order valence-corrected chi connectivity index (χ0v) is 11.6. The number of hydrogen-bond donors (Lipinski definition) is 1. The molecule has 0 aliphatic carbocycles. The predicted molar refractivity (Wildman–Crippen MR) is 70.5 cm³/mol. The van der Waals surface area contributed by atoms with Crippen LogP contribution in [0.15, 0.2) is 39.4 Å².